The Labute approximate surface area is 271 Å². The molecule has 7 aromatic carbocycles. The van der Waals surface area contributed by atoms with Crippen LogP contribution in [0.15, 0.2) is 168 Å². The summed E-state index contributed by atoms with van der Waals surface area (Å²) in [6, 6.07) is 56.3. The maximum Gasteiger partial charge on any atom is 0.227 e. The first-order valence-corrected chi connectivity index (χ1v) is 15.7. The summed E-state index contributed by atoms with van der Waals surface area (Å²) < 4.78 is 6.43. The second kappa shape index (κ2) is 11.2. The molecule has 0 aliphatic carbocycles. The largest absolute Gasteiger partial charge is 0.435 e. The third-order valence-electron chi connectivity index (χ3n) is 8.69. The van der Waals surface area contributed by atoms with Crippen LogP contribution in [0.1, 0.15) is 0 Å². The molecule has 0 spiro atoms. The molecule has 2 heterocycles. The van der Waals surface area contributed by atoms with E-state index in [-0.39, 0.29) is 0 Å². The van der Waals surface area contributed by atoms with Gasteiger partial charge in [0.05, 0.1) is 11.4 Å². The van der Waals surface area contributed by atoms with E-state index >= 15 is 0 Å². The lowest BCUT2D eigenvalue weighted by atomic mass is 9.98. The minimum absolute atomic E-state index is 0.622. The van der Waals surface area contributed by atoms with E-state index in [0.717, 1.165) is 71.8 Å². The zero-order chi connectivity index (χ0) is 31.2. The highest BCUT2D eigenvalue weighted by atomic mass is 16.3. The Morgan fingerprint density at radius 2 is 1.00 bits per heavy atom. The van der Waals surface area contributed by atoms with Crippen LogP contribution in [0.4, 0.5) is 0 Å². The van der Waals surface area contributed by atoms with Crippen LogP contribution in [0.5, 0.6) is 0 Å². The molecule has 220 valence electrons. The number of fused-ring (bicyclic) bond motifs is 5. The second-order valence-corrected chi connectivity index (χ2v) is 11.7. The molecular weight excluding hydrogens is 574 g/mol. The molecule has 0 radical (unpaired) electrons. The summed E-state index contributed by atoms with van der Waals surface area (Å²) in [7, 11) is 0. The molecule has 2 aromatic heterocycles. The highest BCUT2D eigenvalue weighted by Crippen LogP contribution is 2.37. The maximum atomic E-state index is 6.43. The number of nitrogens with zero attached hydrogens (tertiary/aromatic N) is 3. The summed E-state index contributed by atoms with van der Waals surface area (Å²) >= 11 is 0. The molecule has 9 aromatic rings. The van der Waals surface area contributed by atoms with Crippen LogP contribution in [0, 0.1) is 0 Å². The number of hydrogen-bond acceptors (Lipinski definition) is 4. The van der Waals surface area contributed by atoms with Crippen LogP contribution in [-0.4, -0.2) is 15.0 Å². The van der Waals surface area contributed by atoms with Gasteiger partial charge in [-0.1, -0.05) is 127 Å². The summed E-state index contributed by atoms with van der Waals surface area (Å²) in [5, 5.41) is 4.35. The average molecular weight is 602 g/mol. The minimum Gasteiger partial charge on any atom is -0.435 e. The van der Waals surface area contributed by atoms with Gasteiger partial charge in [-0.25, -0.2) is 15.0 Å². The van der Waals surface area contributed by atoms with Crippen molar-refractivity contribution in [2.45, 2.75) is 0 Å². The molecule has 0 amide bonds. The monoisotopic (exact) mass is 601 g/mol. The molecule has 0 aliphatic heterocycles. The van der Waals surface area contributed by atoms with Gasteiger partial charge in [0.1, 0.15) is 5.52 Å². The molecular formula is C43H27N3O. The van der Waals surface area contributed by atoms with E-state index in [0.29, 0.717) is 11.7 Å². The number of aromatic nitrogens is 3. The lowest BCUT2D eigenvalue weighted by molar-refractivity contribution is 0.623. The summed E-state index contributed by atoms with van der Waals surface area (Å²) in [6.07, 6.45) is 0. The molecule has 4 nitrogen and oxygen atoms in total. The van der Waals surface area contributed by atoms with Crippen molar-refractivity contribution in [1.29, 1.82) is 0 Å². The molecule has 0 N–H and O–H groups in total. The second-order valence-electron chi connectivity index (χ2n) is 11.7. The summed E-state index contributed by atoms with van der Waals surface area (Å²) in [5.41, 5.74) is 9.71. The van der Waals surface area contributed by atoms with Gasteiger partial charge >= 0.3 is 0 Å². The van der Waals surface area contributed by atoms with Crippen molar-refractivity contribution < 1.29 is 4.42 Å². The van der Waals surface area contributed by atoms with Gasteiger partial charge in [0, 0.05) is 27.6 Å². The van der Waals surface area contributed by atoms with Gasteiger partial charge in [-0.2, -0.15) is 0 Å². The van der Waals surface area contributed by atoms with Crippen molar-refractivity contribution in [3.8, 4) is 56.5 Å². The Morgan fingerprint density at radius 1 is 0.383 bits per heavy atom. The zero-order valence-corrected chi connectivity index (χ0v) is 25.3. The Balaban J connectivity index is 1.20. The predicted octanol–water partition coefficient (Wildman–Crippen LogP) is 11.3. The fourth-order valence-corrected chi connectivity index (χ4v) is 6.34. The molecule has 0 aliphatic rings. The molecule has 9 rings (SSSR count). The normalized spacial score (nSPS) is 11.4. The van der Waals surface area contributed by atoms with Crippen molar-refractivity contribution in [3.05, 3.63) is 164 Å². The van der Waals surface area contributed by atoms with Gasteiger partial charge < -0.3 is 4.42 Å². The third-order valence-corrected chi connectivity index (χ3v) is 8.69. The maximum absolute atomic E-state index is 6.43. The Morgan fingerprint density at radius 3 is 1.77 bits per heavy atom. The van der Waals surface area contributed by atoms with Gasteiger partial charge in [0.15, 0.2) is 11.4 Å². The van der Waals surface area contributed by atoms with Crippen LogP contribution in [0.2, 0.25) is 0 Å². The highest BCUT2D eigenvalue weighted by molar-refractivity contribution is 6.18. The van der Waals surface area contributed by atoms with Gasteiger partial charge in [-0.15, -0.1) is 0 Å². The van der Waals surface area contributed by atoms with Crippen molar-refractivity contribution in [2.75, 3.05) is 0 Å². The first kappa shape index (κ1) is 27.0. The molecule has 0 fully saturated rings. The van der Waals surface area contributed by atoms with Crippen LogP contribution in [-0.2, 0) is 0 Å². The Bertz CT molecular complexity index is 2560. The highest BCUT2D eigenvalue weighted by Gasteiger charge is 2.16. The van der Waals surface area contributed by atoms with Gasteiger partial charge in [-0.05, 0) is 63.7 Å². The average Bonchev–Trinajstić information content (AvgIpc) is 3.60. The van der Waals surface area contributed by atoms with E-state index in [4.69, 9.17) is 19.4 Å². The topological polar surface area (TPSA) is 51.8 Å². The van der Waals surface area contributed by atoms with Crippen LogP contribution in [0.3, 0.4) is 0 Å². The van der Waals surface area contributed by atoms with E-state index in [2.05, 4.69) is 103 Å². The third kappa shape index (κ3) is 4.93. The first-order valence-electron chi connectivity index (χ1n) is 15.7. The van der Waals surface area contributed by atoms with Crippen molar-refractivity contribution in [2.24, 2.45) is 0 Å². The number of hydrogen-bond donors (Lipinski definition) is 0. The van der Waals surface area contributed by atoms with Crippen LogP contribution >= 0.6 is 0 Å². The van der Waals surface area contributed by atoms with E-state index < -0.39 is 0 Å². The van der Waals surface area contributed by atoms with Crippen molar-refractivity contribution in [1.82, 2.24) is 15.0 Å². The molecule has 4 heteroatoms. The van der Waals surface area contributed by atoms with Crippen molar-refractivity contribution in [3.63, 3.8) is 0 Å². The van der Waals surface area contributed by atoms with Gasteiger partial charge in [-0.3, -0.25) is 0 Å². The quantitative estimate of drug-likeness (QED) is 0.184. The molecule has 0 bridgehead atoms. The molecule has 0 atom stereocenters. The first-order chi connectivity index (χ1) is 23.3. The lowest BCUT2D eigenvalue weighted by Crippen LogP contribution is -1.96. The van der Waals surface area contributed by atoms with E-state index in [9.17, 15) is 0 Å². The van der Waals surface area contributed by atoms with E-state index in [1.54, 1.807) is 0 Å². The standard InChI is InChI=1S/C43H27N3O/c1-4-11-28(12-5-1)32-17-10-18-34(25-32)39-27-38(29-13-6-2-7-14-29)44-42(45-39)35-21-23-36-33(26-35)20-19-30-22-24-37-41(40(30)36)47-43(46-37)31-15-8-3-9-16-31/h1-27H. The Hall–Kier alpha value is -6.39. The van der Waals surface area contributed by atoms with Gasteiger partial charge in [0.25, 0.3) is 0 Å². The predicted molar refractivity (Wildman–Crippen MR) is 192 cm³/mol. The lowest BCUT2D eigenvalue weighted by Gasteiger charge is -2.11. The summed E-state index contributed by atoms with van der Waals surface area (Å²) in [5.74, 6) is 1.30. The molecule has 0 saturated heterocycles. The van der Waals surface area contributed by atoms with E-state index in [1.807, 2.05) is 60.7 Å². The number of rotatable bonds is 5. The van der Waals surface area contributed by atoms with Crippen LogP contribution < -0.4 is 0 Å². The van der Waals surface area contributed by atoms with Gasteiger partial charge in [0.2, 0.25) is 5.89 Å². The van der Waals surface area contributed by atoms with Crippen molar-refractivity contribution >= 4 is 32.6 Å². The van der Waals surface area contributed by atoms with Crippen LogP contribution in [0.25, 0.3) is 89.1 Å². The molecule has 47 heavy (non-hydrogen) atoms. The summed E-state index contributed by atoms with van der Waals surface area (Å²) in [4.78, 5) is 15.1. The molecule has 0 unspecified atom stereocenters. The fraction of sp³-hybridized carbons (Fsp3) is 0. The number of benzene rings is 7. The number of oxazole rings is 1. The SMILES string of the molecule is c1ccc(-c2cccc(-c3cc(-c4ccccc4)nc(-c4ccc5c(ccc6ccc7nc(-c8ccccc8)oc7c65)c4)n3)c2)cc1. The Kier molecular flexibility index (Phi) is 6.43. The fourth-order valence-electron chi connectivity index (χ4n) is 6.34. The summed E-state index contributed by atoms with van der Waals surface area (Å²) in [6.45, 7) is 0. The zero-order valence-electron chi connectivity index (χ0n) is 25.3. The smallest absolute Gasteiger partial charge is 0.227 e. The minimum atomic E-state index is 0.622. The van der Waals surface area contributed by atoms with E-state index in [1.165, 1.54) is 5.56 Å². The molecule has 0 saturated carbocycles.